The van der Waals surface area contributed by atoms with Crippen molar-refractivity contribution in [2.75, 3.05) is 13.7 Å². The van der Waals surface area contributed by atoms with Crippen LogP contribution in [-0.4, -0.2) is 35.4 Å². The number of carbonyl (C=O) groups excluding carboxylic acids is 1. The number of aliphatic hydroxyl groups is 1. The summed E-state index contributed by atoms with van der Waals surface area (Å²) in [5, 5.41) is 22.4. The number of phenols is 1. The molecule has 110 valence electrons. The molecule has 0 unspecified atom stereocenters. The van der Waals surface area contributed by atoms with Gasteiger partial charge in [-0.3, -0.25) is 4.79 Å². The van der Waals surface area contributed by atoms with E-state index in [9.17, 15) is 15.0 Å². The van der Waals surface area contributed by atoms with Crippen molar-refractivity contribution in [2.24, 2.45) is 0 Å². The molecule has 1 amide bonds. The summed E-state index contributed by atoms with van der Waals surface area (Å²) in [6, 6.07) is 4.56. The lowest BCUT2D eigenvalue weighted by molar-refractivity contribution is 0.0756. The zero-order valence-electron chi connectivity index (χ0n) is 11.7. The molecule has 0 aromatic heterocycles. The molecule has 0 aliphatic heterocycles. The Morgan fingerprint density at radius 1 is 1.35 bits per heavy atom. The second kappa shape index (κ2) is 6.13. The van der Waals surface area contributed by atoms with Crippen LogP contribution in [0.3, 0.4) is 0 Å². The van der Waals surface area contributed by atoms with Crippen LogP contribution < -0.4 is 10.1 Å². The first kappa shape index (κ1) is 14.7. The highest BCUT2D eigenvalue weighted by molar-refractivity contribution is 5.97. The number of ether oxygens (including phenoxy) is 1. The Labute approximate surface area is 118 Å². The Kier molecular flexibility index (Phi) is 4.49. The van der Waals surface area contributed by atoms with Gasteiger partial charge in [0.05, 0.1) is 24.8 Å². The maximum atomic E-state index is 12.3. The highest BCUT2D eigenvalue weighted by Gasteiger charge is 2.33. The summed E-state index contributed by atoms with van der Waals surface area (Å²) in [5.74, 6) is 0.0143. The Bertz CT molecular complexity index is 481. The van der Waals surface area contributed by atoms with Gasteiger partial charge in [0, 0.05) is 6.07 Å². The summed E-state index contributed by atoms with van der Waals surface area (Å²) in [5.41, 5.74) is -0.356. The number of aromatic hydroxyl groups is 1. The maximum Gasteiger partial charge on any atom is 0.255 e. The molecule has 0 heterocycles. The zero-order chi connectivity index (χ0) is 14.6. The molecule has 5 heteroatoms. The normalized spacial score (nSPS) is 17.5. The second-order valence-corrected chi connectivity index (χ2v) is 5.34. The number of hydrogen-bond acceptors (Lipinski definition) is 4. The van der Waals surface area contributed by atoms with Crippen molar-refractivity contribution in [3.05, 3.63) is 23.8 Å². The van der Waals surface area contributed by atoms with E-state index >= 15 is 0 Å². The average molecular weight is 279 g/mol. The molecule has 0 atom stereocenters. The first-order valence-corrected chi connectivity index (χ1v) is 6.91. The Balaban J connectivity index is 2.14. The van der Waals surface area contributed by atoms with Gasteiger partial charge >= 0.3 is 0 Å². The van der Waals surface area contributed by atoms with Gasteiger partial charge in [-0.15, -0.1) is 0 Å². The number of methoxy groups -OCH3 is 1. The standard InChI is InChI=1S/C15H21NO4/c1-20-11-5-6-12(13(18)9-11)14(19)16-15(10-17)7-3-2-4-8-15/h5-6,9,17-18H,2-4,7-8,10H2,1H3,(H,16,19). The largest absolute Gasteiger partial charge is 0.507 e. The van der Waals surface area contributed by atoms with E-state index in [1.165, 1.54) is 19.2 Å². The lowest BCUT2D eigenvalue weighted by Crippen LogP contribution is -2.52. The Morgan fingerprint density at radius 2 is 2.05 bits per heavy atom. The van der Waals surface area contributed by atoms with Crippen molar-refractivity contribution in [1.82, 2.24) is 5.32 Å². The number of hydrogen-bond donors (Lipinski definition) is 3. The molecule has 0 bridgehead atoms. The average Bonchev–Trinajstić information content (AvgIpc) is 2.47. The third kappa shape index (κ3) is 3.04. The molecule has 1 fully saturated rings. The summed E-state index contributed by atoms with van der Waals surface area (Å²) < 4.78 is 4.99. The molecule has 1 aromatic rings. The predicted octanol–water partition coefficient (Wildman–Crippen LogP) is 1.83. The van der Waals surface area contributed by atoms with Crippen LogP contribution >= 0.6 is 0 Å². The van der Waals surface area contributed by atoms with Crippen LogP contribution in [-0.2, 0) is 0 Å². The minimum Gasteiger partial charge on any atom is -0.507 e. The molecule has 0 spiro atoms. The lowest BCUT2D eigenvalue weighted by Gasteiger charge is -2.36. The summed E-state index contributed by atoms with van der Waals surface area (Å²) >= 11 is 0. The van der Waals surface area contributed by atoms with E-state index in [4.69, 9.17) is 4.74 Å². The molecule has 2 rings (SSSR count). The van der Waals surface area contributed by atoms with Crippen molar-refractivity contribution >= 4 is 5.91 Å². The number of carbonyl (C=O) groups is 1. The molecule has 20 heavy (non-hydrogen) atoms. The van der Waals surface area contributed by atoms with Crippen LogP contribution in [0.4, 0.5) is 0 Å². The molecule has 1 aromatic carbocycles. The van der Waals surface area contributed by atoms with E-state index < -0.39 is 5.54 Å². The van der Waals surface area contributed by atoms with Crippen molar-refractivity contribution in [3.8, 4) is 11.5 Å². The number of benzene rings is 1. The van der Waals surface area contributed by atoms with E-state index in [1.807, 2.05) is 0 Å². The number of phenolic OH excluding ortho intramolecular Hbond substituents is 1. The minimum atomic E-state index is -0.554. The monoisotopic (exact) mass is 279 g/mol. The quantitative estimate of drug-likeness (QED) is 0.785. The topological polar surface area (TPSA) is 78.8 Å². The molecule has 1 aliphatic carbocycles. The molecule has 1 aliphatic rings. The second-order valence-electron chi connectivity index (χ2n) is 5.34. The minimum absolute atomic E-state index is 0.0738. The number of aliphatic hydroxyl groups excluding tert-OH is 1. The molecule has 3 N–H and O–H groups in total. The summed E-state index contributed by atoms with van der Waals surface area (Å²) in [6.45, 7) is -0.0738. The van der Waals surface area contributed by atoms with Crippen molar-refractivity contribution in [3.63, 3.8) is 0 Å². The van der Waals surface area contributed by atoms with Gasteiger partial charge in [0.1, 0.15) is 11.5 Å². The fourth-order valence-corrected chi connectivity index (χ4v) is 2.69. The van der Waals surface area contributed by atoms with Crippen molar-refractivity contribution < 1.29 is 19.7 Å². The maximum absolute atomic E-state index is 12.3. The van der Waals surface area contributed by atoms with Gasteiger partial charge in [-0.05, 0) is 25.0 Å². The first-order valence-electron chi connectivity index (χ1n) is 6.91. The predicted molar refractivity (Wildman–Crippen MR) is 75.0 cm³/mol. The fourth-order valence-electron chi connectivity index (χ4n) is 2.69. The molecular formula is C15H21NO4. The number of amides is 1. The Morgan fingerprint density at radius 3 is 2.60 bits per heavy atom. The van der Waals surface area contributed by atoms with E-state index in [-0.39, 0.29) is 23.8 Å². The zero-order valence-corrected chi connectivity index (χ0v) is 11.7. The highest BCUT2D eigenvalue weighted by atomic mass is 16.5. The van der Waals surface area contributed by atoms with Gasteiger partial charge in [-0.25, -0.2) is 0 Å². The number of rotatable bonds is 4. The van der Waals surface area contributed by atoms with Gasteiger partial charge in [-0.1, -0.05) is 19.3 Å². The van der Waals surface area contributed by atoms with Gasteiger partial charge in [-0.2, -0.15) is 0 Å². The van der Waals surface area contributed by atoms with E-state index in [0.29, 0.717) is 5.75 Å². The number of nitrogens with one attached hydrogen (secondary N) is 1. The molecule has 5 nitrogen and oxygen atoms in total. The van der Waals surface area contributed by atoms with Crippen LogP contribution in [0, 0.1) is 0 Å². The van der Waals surface area contributed by atoms with Gasteiger partial charge < -0.3 is 20.3 Å². The van der Waals surface area contributed by atoms with Crippen molar-refractivity contribution in [2.45, 2.75) is 37.6 Å². The molecule has 0 radical (unpaired) electrons. The van der Waals surface area contributed by atoms with Gasteiger partial charge in [0.2, 0.25) is 0 Å². The van der Waals surface area contributed by atoms with Crippen LogP contribution in [0.5, 0.6) is 11.5 Å². The van der Waals surface area contributed by atoms with E-state index in [1.54, 1.807) is 6.07 Å². The fraction of sp³-hybridized carbons (Fsp3) is 0.533. The summed E-state index contributed by atoms with van der Waals surface area (Å²) in [6.07, 6.45) is 4.66. The van der Waals surface area contributed by atoms with Crippen molar-refractivity contribution in [1.29, 1.82) is 0 Å². The van der Waals surface area contributed by atoms with Gasteiger partial charge in [0.15, 0.2) is 0 Å². The molecular weight excluding hydrogens is 258 g/mol. The molecule has 1 saturated carbocycles. The highest BCUT2D eigenvalue weighted by Crippen LogP contribution is 2.29. The van der Waals surface area contributed by atoms with E-state index in [2.05, 4.69) is 5.32 Å². The van der Waals surface area contributed by atoms with Crippen LogP contribution in [0.1, 0.15) is 42.5 Å². The first-order chi connectivity index (χ1) is 9.60. The SMILES string of the molecule is COc1ccc(C(=O)NC2(CO)CCCCC2)c(O)c1. The van der Waals surface area contributed by atoms with Gasteiger partial charge in [0.25, 0.3) is 5.91 Å². The summed E-state index contributed by atoms with van der Waals surface area (Å²) in [4.78, 5) is 12.3. The third-order valence-electron chi connectivity index (χ3n) is 3.94. The van der Waals surface area contributed by atoms with E-state index in [0.717, 1.165) is 32.1 Å². The van der Waals surface area contributed by atoms with Crippen LogP contribution in [0.15, 0.2) is 18.2 Å². The molecule has 0 saturated heterocycles. The Hall–Kier alpha value is -1.75. The van der Waals surface area contributed by atoms with Crippen LogP contribution in [0.2, 0.25) is 0 Å². The lowest BCUT2D eigenvalue weighted by atomic mass is 9.82. The smallest absolute Gasteiger partial charge is 0.255 e. The summed E-state index contributed by atoms with van der Waals surface area (Å²) in [7, 11) is 1.50. The van der Waals surface area contributed by atoms with Crippen LogP contribution in [0.25, 0.3) is 0 Å². The third-order valence-corrected chi connectivity index (χ3v) is 3.94.